The highest BCUT2D eigenvalue weighted by atomic mass is 35.5. The number of carbonyl (C=O) groups excluding carboxylic acids is 1. The fourth-order valence-corrected chi connectivity index (χ4v) is 2.21. The molecule has 1 amide bonds. The fourth-order valence-electron chi connectivity index (χ4n) is 1.98. The van der Waals surface area contributed by atoms with Gasteiger partial charge in [-0.2, -0.15) is 0 Å². The molecule has 20 heavy (non-hydrogen) atoms. The average molecular weight is 289 g/mol. The lowest BCUT2D eigenvalue weighted by molar-refractivity contribution is 0.0953. The number of nitrogens with one attached hydrogen (secondary N) is 1. The first-order chi connectivity index (χ1) is 9.56. The summed E-state index contributed by atoms with van der Waals surface area (Å²) in [5, 5.41) is 3.55. The number of benzene rings is 2. The maximum Gasteiger partial charge on any atom is 0.251 e. The number of nitrogens with two attached hydrogens (primary N) is 1. The van der Waals surface area contributed by atoms with Crippen molar-refractivity contribution in [3.05, 3.63) is 64.2 Å². The number of aryl methyl sites for hydroxylation is 1. The Balaban J connectivity index is 1.90. The van der Waals surface area contributed by atoms with Crippen LogP contribution >= 0.6 is 11.6 Å². The highest BCUT2D eigenvalue weighted by molar-refractivity contribution is 6.30. The second kappa shape index (κ2) is 6.44. The number of amides is 1. The van der Waals surface area contributed by atoms with Crippen LogP contribution in [0, 0.1) is 6.92 Å². The third-order valence-electron chi connectivity index (χ3n) is 3.11. The van der Waals surface area contributed by atoms with E-state index in [1.807, 2.05) is 31.2 Å². The van der Waals surface area contributed by atoms with Crippen molar-refractivity contribution >= 4 is 23.2 Å². The Labute approximate surface area is 123 Å². The topological polar surface area (TPSA) is 55.1 Å². The van der Waals surface area contributed by atoms with Crippen molar-refractivity contribution in [2.75, 3.05) is 12.3 Å². The smallest absolute Gasteiger partial charge is 0.251 e. The van der Waals surface area contributed by atoms with E-state index in [-0.39, 0.29) is 5.91 Å². The molecular weight excluding hydrogens is 272 g/mol. The summed E-state index contributed by atoms with van der Waals surface area (Å²) in [6, 6.07) is 12.9. The first-order valence-electron chi connectivity index (χ1n) is 6.45. The lowest BCUT2D eigenvalue weighted by Crippen LogP contribution is -2.26. The molecule has 3 N–H and O–H groups in total. The quantitative estimate of drug-likeness (QED) is 0.849. The molecule has 0 saturated heterocycles. The van der Waals surface area contributed by atoms with Gasteiger partial charge in [0.2, 0.25) is 0 Å². The molecule has 0 fully saturated rings. The van der Waals surface area contributed by atoms with E-state index in [2.05, 4.69) is 5.32 Å². The Morgan fingerprint density at radius 1 is 1.20 bits per heavy atom. The molecule has 2 aromatic rings. The molecule has 0 radical (unpaired) electrons. The summed E-state index contributed by atoms with van der Waals surface area (Å²) in [6.45, 7) is 2.46. The number of halogens is 1. The molecule has 0 unspecified atom stereocenters. The van der Waals surface area contributed by atoms with Crippen molar-refractivity contribution in [3.8, 4) is 0 Å². The van der Waals surface area contributed by atoms with Gasteiger partial charge in [0.15, 0.2) is 0 Å². The number of hydrogen-bond donors (Lipinski definition) is 2. The highest BCUT2D eigenvalue weighted by Gasteiger charge is 2.08. The average Bonchev–Trinajstić information content (AvgIpc) is 2.41. The van der Waals surface area contributed by atoms with Crippen LogP contribution in [0.3, 0.4) is 0 Å². The molecule has 0 aliphatic rings. The molecular formula is C16H17ClN2O. The number of hydrogen-bond acceptors (Lipinski definition) is 2. The van der Waals surface area contributed by atoms with E-state index in [4.69, 9.17) is 17.3 Å². The van der Waals surface area contributed by atoms with Crippen molar-refractivity contribution in [2.24, 2.45) is 0 Å². The highest BCUT2D eigenvalue weighted by Crippen LogP contribution is 2.15. The van der Waals surface area contributed by atoms with Gasteiger partial charge in [-0.3, -0.25) is 4.79 Å². The molecule has 0 atom stereocenters. The van der Waals surface area contributed by atoms with Gasteiger partial charge < -0.3 is 11.1 Å². The van der Waals surface area contributed by atoms with Crippen LogP contribution in [-0.4, -0.2) is 12.5 Å². The van der Waals surface area contributed by atoms with Crippen LogP contribution in [0.2, 0.25) is 5.02 Å². The molecule has 0 saturated carbocycles. The zero-order valence-corrected chi connectivity index (χ0v) is 12.1. The van der Waals surface area contributed by atoms with Gasteiger partial charge in [0.1, 0.15) is 0 Å². The summed E-state index contributed by atoms with van der Waals surface area (Å²) in [5.41, 5.74) is 9.05. The summed E-state index contributed by atoms with van der Waals surface area (Å²) in [5.74, 6) is -0.0744. The van der Waals surface area contributed by atoms with E-state index >= 15 is 0 Å². The Morgan fingerprint density at radius 3 is 2.55 bits per heavy atom. The van der Waals surface area contributed by atoms with Gasteiger partial charge >= 0.3 is 0 Å². The van der Waals surface area contributed by atoms with Crippen LogP contribution in [-0.2, 0) is 6.42 Å². The lowest BCUT2D eigenvalue weighted by atomic mass is 10.1. The maximum absolute atomic E-state index is 12.0. The monoisotopic (exact) mass is 288 g/mol. The maximum atomic E-state index is 12.0. The molecule has 0 aromatic heterocycles. The molecule has 0 aliphatic heterocycles. The normalized spacial score (nSPS) is 10.3. The summed E-state index contributed by atoms with van der Waals surface area (Å²) in [4.78, 5) is 12.0. The molecule has 104 valence electrons. The van der Waals surface area contributed by atoms with Crippen LogP contribution in [0.5, 0.6) is 0 Å². The molecule has 0 heterocycles. The number of anilines is 1. The number of rotatable bonds is 4. The van der Waals surface area contributed by atoms with Crippen LogP contribution in [0.4, 0.5) is 5.69 Å². The van der Waals surface area contributed by atoms with Gasteiger partial charge in [-0.25, -0.2) is 0 Å². The third-order valence-corrected chi connectivity index (χ3v) is 3.35. The van der Waals surface area contributed by atoms with Crippen molar-refractivity contribution in [1.82, 2.24) is 5.32 Å². The predicted molar refractivity (Wildman–Crippen MR) is 83.1 cm³/mol. The second-order valence-corrected chi connectivity index (χ2v) is 5.14. The largest absolute Gasteiger partial charge is 0.399 e. The Bertz CT molecular complexity index is 608. The number of carbonyl (C=O) groups is 1. The van der Waals surface area contributed by atoms with E-state index in [1.54, 1.807) is 18.2 Å². The van der Waals surface area contributed by atoms with Crippen molar-refractivity contribution < 1.29 is 4.79 Å². The van der Waals surface area contributed by atoms with Crippen molar-refractivity contribution in [2.45, 2.75) is 13.3 Å². The minimum absolute atomic E-state index is 0.0744. The van der Waals surface area contributed by atoms with Gasteiger partial charge in [0.05, 0.1) is 0 Å². The minimum Gasteiger partial charge on any atom is -0.399 e. The van der Waals surface area contributed by atoms with Crippen LogP contribution in [0.15, 0.2) is 42.5 Å². The SMILES string of the molecule is Cc1cc(Cl)ccc1C(=O)NCCc1ccc(N)cc1. The van der Waals surface area contributed by atoms with E-state index in [0.29, 0.717) is 17.1 Å². The Hall–Kier alpha value is -2.00. The van der Waals surface area contributed by atoms with E-state index in [9.17, 15) is 4.79 Å². The predicted octanol–water partition coefficient (Wildman–Crippen LogP) is 3.20. The third kappa shape index (κ3) is 3.75. The molecule has 2 aromatic carbocycles. The molecule has 2 rings (SSSR count). The second-order valence-electron chi connectivity index (χ2n) is 4.71. The van der Waals surface area contributed by atoms with Crippen LogP contribution in [0.25, 0.3) is 0 Å². The zero-order chi connectivity index (χ0) is 14.5. The van der Waals surface area contributed by atoms with Gasteiger partial charge in [-0.05, 0) is 54.8 Å². The molecule has 4 heteroatoms. The Kier molecular flexibility index (Phi) is 4.64. The lowest BCUT2D eigenvalue weighted by Gasteiger charge is -2.08. The number of nitrogen functional groups attached to an aromatic ring is 1. The van der Waals surface area contributed by atoms with E-state index in [1.165, 1.54) is 0 Å². The van der Waals surface area contributed by atoms with Gasteiger partial charge in [-0.15, -0.1) is 0 Å². The van der Waals surface area contributed by atoms with Crippen molar-refractivity contribution in [3.63, 3.8) is 0 Å². The van der Waals surface area contributed by atoms with Crippen LogP contribution < -0.4 is 11.1 Å². The van der Waals surface area contributed by atoms with Gasteiger partial charge in [-0.1, -0.05) is 23.7 Å². The molecule has 3 nitrogen and oxygen atoms in total. The molecule has 0 spiro atoms. The summed E-state index contributed by atoms with van der Waals surface area (Å²) in [7, 11) is 0. The molecule has 0 aliphatic carbocycles. The van der Waals surface area contributed by atoms with Gasteiger partial charge in [0, 0.05) is 22.8 Å². The Morgan fingerprint density at radius 2 is 1.90 bits per heavy atom. The summed E-state index contributed by atoms with van der Waals surface area (Å²) in [6.07, 6.45) is 0.776. The fraction of sp³-hybridized carbons (Fsp3) is 0.188. The van der Waals surface area contributed by atoms with Crippen LogP contribution in [0.1, 0.15) is 21.5 Å². The summed E-state index contributed by atoms with van der Waals surface area (Å²) >= 11 is 5.88. The van der Waals surface area contributed by atoms with Gasteiger partial charge in [0.25, 0.3) is 5.91 Å². The first kappa shape index (κ1) is 14.4. The first-order valence-corrected chi connectivity index (χ1v) is 6.83. The standard InChI is InChI=1S/C16H17ClN2O/c1-11-10-13(17)4-7-15(11)16(20)19-9-8-12-2-5-14(18)6-3-12/h2-7,10H,8-9,18H2,1H3,(H,19,20). The summed E-state index contributed by atoms with van der Waals surface area (Å²) < 4.78 is 0. The van der Waals surface area contributed by atoms with E-state index < -0.39 is 0 Å². The van der Waals surface area contributed by atoms with Crippen molar-refractivity contribution in [1.29, 1.82) is 0 Å². The minimum atomic E-state index is -0.0744. The molecule has 0 bridgehead atoms. The zero-order valence-electron chi connectivity index (χ0n) is 11.3. The van der Waals surface area contributed by atoms with E-state index in [0.717, 1.165) is 23.2 Å².